The summed E-state index contributed by atoms with van der Waals surface area (Å²) >= 11 is 5.34. The number of alkyl halides is 1. The molecular weight excluding hydrogens is 166 g/mol. The predicted molar refractivity (Wildman–Crippen MR) is 44.6 cm³/mol. The maximum Gasteiger partial charge on any atom is 0.221 e. The monoisotopic (exact) mass is 179 g/mol. The highest BCUT2D eigenvalue weighted by atomic mass is 35.5. The summed E-state index contributed by atoms with van der Waals surface area (Å²) in [5.41, 5.74) is 0. The van der Waals surface area contributed by atoms with Crippen LogP contribution in [0, 0.1) is 0 Å². The zero-order valence-electron chi connectivity index (χ0n) is 6.64. The fourth-order valence-corrected chi connectivity index (χ4v) is 0.834. The van der Waals surface area contributed by atoms with Crippen LogP contribution in [0.3, 0.4) is 0 Å². The number of aliphatic hydroxyl groups is 1. The molecule has 0 aliphatic heterocycles. The summed E-state index contributed by atoms with van der Waals surface area (Å²) in [4.78, 5) is 10.9. The molecule has 0 radical (unpaired) electrons. The van der Waals surface area contributed by atoms with Gasteiger partial charge in [0.2, 0.25) is 5.91 Å². The van der Waals surface area contributed by atoms with E-state index >= 15 is 0 Å². The Kier molecular flexibility index (Phi) is 6.27. The van der Waals surface area contributed by atoms with Gasteiger partial charge in [0.25, 0.3) is 0 Å². The van der Waals surface area contributed by atoms with Crippen LogP contribution in [0.4, 0.5) is 0 Å². The van der Waals surface area contributed by atoms with Crippen molar-refractivity contribution in [3.8, 4) is 0 Å². The van der Waals surface area contributed by atoms with Crippen LogP contribution in [0.1, 0.15) is 19.8 Å². The first-order chi connectivity index (χ1) is 5.24. The number of carbonyl (C=O) groups is 1. The van der Waals surface area contributed by atoms with E-state index in [1.807, 2.05) is 6.92 Å². The lowest BCUT2D eigenvalue weighted by molar-refractivity contribution is -0.121. The first-order valence-corrected chi connectivity index (χ1v) is 4.24. The van der Waals surface area contributed by atoms with Gasteiger partial charge in [-0.3, -0.25) is 4.79 Å². The maximum absolute atomic E-state index is 10.9. The molecule has 1 amide bonds. The summed E-state index contributed by atoms with van der Waals surface area (Å²) in [7, 11) is 0. The van der Waals surface area contributed by atoms with E-state index in [1.54, 1.807) is 0 Å². The van der Waals surface area contributed by atoms with E-state index in [0.29, 0.717) is 12.3 Å². The van der Waals surface area contributed by atoms with E-state index in [2.05, 4.69) is 5.32 Å². The third-order valence-electron chi connectivity index (χ3n) is 1.40. The predicted octanol–water partition coefficient (Wildman–Crippen LogP) is 0.502. The van der Waals surface area contributed by atoms with Crippen molar-refractivity contribution in [3.05, 3.63) is 0 Å². The van der Waals surface area contributed by atoms with E-state index in [1.165, 1.54) is 0 Å². The van der Waals surface area contributed by atoms with Gasteiger partial charge >= 0.3 is 0 Å². The smallest absolute Gasteiger partial charge is 0.221 e. The average Bonchev–Trinajstić information content (AvgIpc) is 2.01. The minimum atomic E-state index is -0.120. The molecule has 11 heavy (non-hydrogen) atoms. The summed E-state index contributed by atoms with van der Waals surface area (Å²) in [5, 5.41) is 11.3. The van der Waals surface area contributed by atoms with Crippen molar-refractivity contribution < 1.29 is 9.90 Å². The molecule has 0 rings (SSSR count). The van der Waals surface area contributed by atoms with E-state index in [9.17, 15) is 4.79 Å². The molecule has 0 saturated heterocycles. The van der Waals surface area contributed by atoms with Crippen LogP contribution in [-0.4, -0.2) is 29.5 Å². The minimum Gasteiger partial charge on any atom is -0.394 e. The van der Waals surface area contributed by atoms with Gasteiger partial charge in [-0.2, -0.15) is 0 Å². The fraction of sp³-hybridized carbons (Fsp3) is 0.857. The second kappa shape index (κ2) is 6.43. The molecule has 0 bridgehead atoms. The lowest BCUT2D eigenvalue weighted by Crippen LogP contribution is -2.36. The number of hydrogen-bond donors (Lipinski definition) is 2. The molecule has 0 aliphatic rings. The Balaban J connectivity index is 3.54. The number of carbonyl (C=O) groups excluding carboxylic acids is 1. The van der Waals surface area contributed by atoms with E-state index in [-0.39, 0.29) is 18.6 Å². The van der Waals surface area contributed by atoms with Crippen LogP contribution in [0.2, 0.25) is 0 Å². The molecule has 0 heterocycles. The van der Waals surface area contributed by atoms with Gasteiger partial charge in [-0.25, -0.2) is 0 Å². The van der Waals surface area contributed by atoms with Crippen molar-refractivity contribution in [2.24, 2.45) is 0 Å². The molecule has 3 nitrogen and oxygen atoms in total. The van der Waals surface area contributed by atoms with Gasteiger partial charge in [0.05, 0.1) is 12.6 Å². The van der Waals surface area contributed by atoms with Crippen LogP contribution >= 0.6 is 11.6 Å². The van der Waals surface area contributed by atoms with Crippen molar-refractivity contribution in [2.45, 2.75) is 25.8 Å². The van der Waals surface area contributed by atoms with Gasteiger partial charge in [0.15, 0.2) is 0 Å². The molecule has 1 atom stereocenters. The highest BCUT2D eigenvalue weighted by Crippen LogP contribution is 1.91. The zero-order chi connectivity index (χ0) is 8.69. The Hall–Kier alpha value is -0.280. The van der Waals surface area contributed by atoms with Gasteiger partial charge in [0, 0.05) is 12.3 Å². The van der Waals surface area contributed by atoms with Gasteiger partial charge in [-0.05, 0) is 6.42 Å². The number of halogens is 1. The number of nitrogens with one attached hydrogen (secondary N) is 1. The maximum atomic E-state index is 10.9. The lowest BCUT2D eigenvalue weighted by Gasteiger charge is -2.12. The summed E-state index contributed by atoms with van der Waals surface area (Å²) in [6.07, 6.45) is 1.06. The molecule has 0 aromatic heterocycles. The Morgan fingerprint density at radius 2 is 2.36 bits per heavy atom. The van der Waals surface area contributed by atoms with E-state index in [4.69, 9.17) is 16.7 Å². The Morgan fingerprint density at radius 1 is 1.73 bits per heavy atom. The second-order valence-corrected chi connectivity index (χ2v) is 2.67. The second-order valence-electron chi connectivity index (χ2n) is 2.29. The highest BCUT2D eigenvalue weighted by molar-refractivity contribution is 6.18. The van der Waals surface area contributed by atoms with Crippen LogP contribution in [-0.2, 0) is 4.79 Å². The van der Waals surface area contributed by atoms with E-state index in [0.717, 1.165) is 6.42 Å². The molecule has 4 heteroatoms. The standard InChI is InChI=1S/C7H14ClNO2/c1-2-6(5-10)9-7(11)3-4-8/h6,10H,2-5H2,1H3,(H,9,11). The highest BCUT2D eigenvalue weighted by Gasteiger charge is 2.07. The molecule has 0 aromatic rings. The number of amides is 1. The molecule has 1 unspecified atom stereocenters. The van der Waals surface area contributed by atoms with Crippen molar-refractivity contribution in [1.82, 2.24) is 5.32 Å². The summed E-state index contributed by atoms with van der Waals surface area (Å²) in [6, 6.07) is -0.120. The summed E-state index contributed by atoms with van der Waals surface area (Å²) in [6.45, 7) is 1.90. The number of rotatable bonds is 5. The Bertz CT molecular complexity index is 115. The third kappa shape index (κ3) is 5.04. The van der Waals surface area contributed by atoms with Crippen LogP contribution in [0.5, 0.6) is 0 Å². The van der Waals surface area contributed by atoms with Crippen molar-refractivity contribution in [1.29, 1.82) is 0 Å². The van der Waals surface area contributed by atoms with E-state index < -0.39 is 0 Å². The quantitative estimate of drug-likeness (QED) is 0.604. The zero-order valence-corrected chi connectivity index (χ0v) is 7.40. The van der Waals surface area contributed by atoms with Crippen molar-refractivity contribution in [3.63, 3.8) is 0 Å². The van der Waals surface area contributed by atoms with Crippen molar-refractivity contribution >= 4 is 17.5 Å². The SMILES string of the molecule is CCC(CO)NC(=O)CCCl. The third-order valence-corrected chi connectivity index (χ3v) is 1.59. The lowest BCUT2D eigenvalue weighted by atomic mass is 10.2. The Labute approximate surface area is 71.7 Å². The molecular formula is C7H14ClNO2. The van der Waals surface area contributed by atoms with Crippen LogP contribution in [0.15, 0.2) is 0 Å². The molecule has 0 aromatic carbocycles. The van der Waals surface area contributed by atoms with Gasteiger partial charge in [-0.1, -0.05) is 6.92 Å². The molecule has 0 saturated carbocycles. The molecule has 66 valence electrons. The van der Waals surface area contributed by atoms with Gasteiger partial charge in [-0.15, -0.1) is 11.6 Å². The normalized spacial score (nSPS) is 12.6. The number of aliphatic hydroxyl groups excluding tert-OH is 1. The topological polar surface area (TPSA) is 49.3 Å². The molecule has 2 N–H and O–H groups in total. The summed E-state index contributed by atoms with van der Waals surface area (Å²) in [5.74, 6) is 0.231. The summed E-state index contributed by atoms with van der Waals surface area (Å²) < 4.78 is 0. The first kappa shape index (κ1) is 10.7. The van der Waals surface area contributed by atoms with Gasteiger partial charge in [0.1, 0.15) is 0 Å². The van der Waals surface area contributed by atoms with Crippen LogP contribution in [0.25, 0.3) is 0 Å². The van der Waals surface area contributed by atoms with Crippen molar-refractivity contribution in [2.75, 3.05) is 12.5 Å². The molecule has 0 spiro atoms. The minimum absolute atomic E-state index is 0.00940. The fourth-order valence-electron chi connectivity index (χ4n) is 0.662. The first-order valence-electron chi connectivity index (χ1n) is 3.70. The van der Waals surface area contributed by atoms with Gasteiger partial charge < -0.3 is 10.4 Å². The van der Waals surface area contributed by atoms with Crippen LogP contribution < -0.4 is 5.32 Å². The largest absolute Gasteiger partial charge is 0.394 e. The Morgan fingerprint density at radius 3 is 2.73 bits per heavy atom. The number of hydrogen-bond acceptors (Lipinski definition) is 2. The average molecular weight is 180 g/mol. The molecule has 0 fully saturated rings. The molecule has 0 aliphatic carbocycles.